The average Bonchev–Trinajstić information content (AvgIpc) is 1.93. The van der Waals surface area contributed by atoms with Crippen LogP contribution in [0.3, 0.4) is 0 Å². The molecule has 9 heavy (non-hydrogen) atoms. The Kier molecular flexibility index (Phi) is 2.11. The normalized spacial score (nSPS) is 23.0. The lowest BCUT2D eigenvalue weighted by Crippen LogP contribution is -2.16. The molecule has 2 heteroatoms. The molecule has 0 bridgehead atoms. The van der Waals surface area contributed by atoms with E-state index in [1.54, 1.807) is 0 Å². The second kappa shape index (κ2) is 2.87. The molecule has 0 amide bonds. The second-order valence-corrected chi connectivity index (χ2v) is 2.44. The van der Waals surface area contributed by atoms with Gasteiger partial charge in [0.25, 0.3) is 0 Å². The molecule has 0 aromatic rings. The Morgan fingerprint density at radius 3 is 3.11 bits per heavy atom. The van der Waals surface area contributed by atoms with Crippen molar-refractivity contribution in [2.75, 3.05) is 13.6 Å². The number of hydrogen-bond donors (Lipinski definition) is 0. The van der Waals surface area contributed by atoms with Gasteiger partial charge >= 0.3 is 0 Å². The summed E-state index contributed by atoms with van der Waals surface area (Å²) >= 11 is 0. The van der Waals surface area contributed by atoms with E-state index in [4.69, 9.17) is 4.84 Å². The molecule has 0 atom stereocenters. The smallest absolute Gasteiger partial charge is 0.117 e. The van der Waals surface area contributed by atoms with Crippen molar-refractivity contribution in [3.63, 3.8) is 0 Å². The van der Waals surface area contributed by atoms with Crippen LogP contribution in [0.4, 0.5) is 0 Å². The molecule has 1 heterocycles. The van der Waals surface area contributed by atoms with Crippen LogP contribution >= 0.6 is 0 Å². The molecule has 1 aliphatic rings. The van der Waals surface area contributed by atoms with Crippen LogP contribution in [0.25, 0.3) is 0 Å². The average molecular weight is 127 g/mol. The van der Waals surface area contributed by atoms with Gasteiger partial charge in [-0.2, -0.15) is 0 Å². The third-order valence-corrected chi connectivity index (χ3v) is 1.46. The fourth-order valence-corrected chi connectivity index (χ4v) is 0.968. The molecule has 0 saturated carbocycles. The lowest BCUT2D eigenvalue weighted by atomic mass is 10.2. The van der Waals surface area contributed by atoms with Gasteiger partial charge in [0.15, 0.2) is 0 Å². The van der Waals surface area contributed by atoms with E-state index >= 15 is 0 Å². The predicted molar refractivity (Wildman–Crippen MR) is 36.7 cm³/mol. The number of nitrogens with zero attached hydrogens (tertiary/aromatic N) is 1. The molecule has 1 saturated heterocycles. The number of allylic oxidation sites excluding steroid dienone is 1. The molecule has 1 rings (SSSR count). The maximum atomic E-state index is 5.25. The Morgan fingerprint density at radius 1 is 1.56 bits per heavy atom. The Bertz CT molecular complexity index is 111. The SMILES string of the molecule is C=C1CCCCN(C)O1. The fourth-order valence-electron chi connectivity index (χ4n) is 0.968. The number of hydrogen-bond acceptors (Lipinski definition) is 2. The second-order valence-electron chi connectivity index (χ2n) is 2.44. The van der Waals surface area contributed by atoms with Crippen LogP contribution in [0.1, 0.15) is 19.3 Å². The number of hydroxylamine groups is 2. The van der Waals surface area contributed by atoms with Crippen molar-refractivity contribution in [3.05, 3.63) is 12.3 Å². The van der Waals surface area contributed by atoms with E-state index in [1.165, 1.54) is 12.8 Å². The summed E-state index contributed by atoms with van der Waals surface area (Å²) in [5.41, 5.74) is 0. The minimum Gasteiger partial charge on any atom is -0.411 e. The van der Waals surface area contributed by atoms with E-state index < -0.39 is 0 Å². The number of rotatable bonds is 0. The molecule has 2 nitrogen and oxygen atoms in total. The molecule has 0 unspecified atom stereocenters. The van der Waals surface area contributed by atoms with Crippen LogP contribution in [-0.4, -0.2) is 18.7 Å². The highest BCUT2D eigenvalue weighted by molar-refractivity contribution is 4.82. The van der Waals surface area contributed by atoms with E-state index in [2.05, 4.69) is 6.58 Å². The molecule has 0 aromatic carbocycles. The van der Waals surface area contributed by atoms with E-state index in [-0.39, 0.29) is 0 Å². The van der Waals surface area contributed by atoms with Crippen molar-refractivity contribution in [2.24, 2.45) is 0 Å². The quantitative estimate of drug-likeness (QED) is 0.489. The van der Waals surface area contributed by atoms with Crippen molar-refractivity contribution in [2.45, 2.75) is 19.3 Å². The molecule has 0 aromatic heterocycles. The van der Waals surface area contributed by atoms with Gasteiger partial charge in [0, 0.05) is 20.0 Å². The Hall–Kier alpha value is -0.500. The summed E-state index contributed by atoms with van der Waals surface area (Å²) in [7, 11) is 1.94. The Morgan fingerprint density at radius 2 is 2.33 bits per heavy atom. The summed E-state index contributed by atoms with van der Waals surface area (Å²) in [6, 6.07) is 0. The van der Waals surface area contributed by atoms with E-state index in [9.17, 15) is 0 Å². The van der Waals surface area contributed by atoms with Gasteiger partial charge in [-0.05, 0) is 12.8 Å². The maximum absolute atomic E-state index is 5.25. The van der Waals surface area contributed by atoms with Gasteiger partial charge in [-0.15, -0.1) is 5.06 Å². The summed E-state index contributed by atoms with van der Waals surface area (Å²) in [5.74, 6) is 0.898. The third kappa shape index (κ3) is 2.06. The first-order valence-corrected chi connectivity index (χ1v) is 3.36. The van der Waals surface area contributed by atoms with Crippen LogP contribution in [-0.2, 0) is 4.84 Å². The molecular weight excluding hydrogens is 114 g/mol. The highest BCUT2D eigenvalue weighted by Crippen LogP contribution is 2.12. The van der Waals surface area contributed by atoms with Crippen LogP contribution in [0.2, 0.25) is 0 Å². The van der Waals surface area contributed by atoms with Gasteiger partial charge in [-0.1, -0.05) is 6.58 Å². The van der Waals surface area contributed by atoms with E-state index in [1.807, 2.05) is 12.1 Å². The van der Waals surface area contributed by atoms with Gasteiger partial charge in [0.1, 0.15) is 5.76 Å². The van der Waals surface area contributed by atoms with Gasteiger partial charge in [-0.25, -0.2) is 0 Å². The fraction of sp³-hybridized carbons (Fsp3) is 0.714. The topological polar surface area (TPSA) is 12.5 Å². The van der Waals surface area contributed by atoms with Crippen molar-refractivity contribution in [1.82, 2.24) is 5.06 Å². The maximum Gasteiger partial charge on any atom is 0.117 e. The van der Waals surface area contributed by atoms with Crippen LogP contribution in [0.15, 0.2) is 12.3 Å². The molecule has 0 spiro atoms. The Balaban J connectivity index is 2.37. The van der Waals surface area contributed by atoms with Gasteiger partial charge in [0.2, 0.25) is 0 Å². The van der Waals surface area contributed by atoms with Crippen molar-refractivity contribution in [1.29, 1.82) is 0 Å². The molecule has 0 N–H and O–H groups in total. The summed E-state index contributed by atoms with van der Waals surface area (Å²) < 4.78 is 0. The van der Waals surface area contributed by atoms with Gasteiger partial charge in [-0.3, -0.25) is 0 Å². The van der Waals surface area contributed by atoms with E-state index in [0.717, 1.165) is 18.7 Å². The molecular formula is C7H13NO. The largest absolute Gasteiger partial charge is 0.411 e. The lowest BCUT2D eigenvalue weighted by molar-refractivity contribution is -0.0912. The molecule has 0 aliphatic carbocycles. The monoisotopic (exact) mass is 127 g/mol. The van der Waals surface area contributed by atoms with Crippen LogP contribution in [0, 0.1) is 0 Å². The lowest BCUT2D eigenvalue weighted by Gasteiger charge is -2.13. The third-order valence-electron chi connectivity index (χ3n) is 1.46. The highest BCUT2D eigenvalue weighted by atomic mass is 16.7. The summed E-state index contributed by atoms with van der Waals surface area (Å²) in [5, 5.41) is 1.84. The zero-order chi connectivity index (χ0) is 6.69. The standard InChI is InChI=1S/C7H13NO/c1-7-5-3-4-6-8(2)9-7/h1,3-6H2,2H3. The molecule has 52 valence electrons. The van der Waals surface area contributed by atoms with Crippen molar-refractivity contribution >= 4 is 0 Å². The van der Waals surface area contributed by atoms with E-state index in [0.29, 0.717) is 0 Å². The van der Waals surface area contributed by atoms with Crippen LogP contribution in [0.5, 0.6) is 0 Å². The first kappa shape index (κ1) is 6.62. The van der Waals surface area contributed by atoms with Gasteiger partial charge in [0.05, 0.1) is 0 Å². The van der Waals surface area contributed by atoms with Crippen LogP contribution < -0.4 is 0 Å². The van der Waals surface area contributed by atoms with Crippen molar-refractivity contribution in [3.8, 4) is 0 Å². The zero-order valence-corrected chi connectivity index (χ0v) is 5.89. The molecule has 1 aliphatic heterocycles. The highest BCUT2D eigenvalue weighted by Gasteiger charge is 2.06. The van der Waals surface area contributed by atoms with Crippen molar-refractivity contribution < 1.29 is 4.84 Å². The van der Waals surface area contributed by atoms with Gasteiger partial charge < -0.3 is 4.84 Å². The summed E-state index contributed by atoms with van der Waals surface area (Å²) in [6.45, 7) is 4.79. The minimum atomic E-state index is 0.898. The summed E-state index contributed by atoms with van der Waals surface area (Å²) in [6.07, 6.45) is 3.45. The first-order valence-electron chi connectivity index (χ1n) is 3.36. The summed E-state index contributed by atoms with van der Waals surface area (Å²) in [4.78, 5) is 5.25. The first-order chi connectivity index (χ1) is 4.29. The zero-order valence-electron chi connectivity index (χ0n) is 5.89. The predicted octanol–water partition coefficient (Wildman–Crippen LogP) is 1.55. The Labute approximate surface area is 56.1 Å². The molecule has 0 radical (unpaired) electrons. The molecule has 1 fully saturated rings. The minimum absolute atomic E-state index is 0.898.